The summed E-state index contributed by atoms with van der Waals surface area (Å²) in [5, 5.41) is 2.00. The number of ether oxygens (including phenoxy) is 1. The molecule has 1 aliphatic carbocycles. The van der Waals surface area contributed by atoms with Gasteiger partial charge in [0.05, 0.1) is 12.0 Å². The second kappa shape index (κ2) is 8.40. The van der Waals surface area contributed by atoms with Gasteiger partial charge < -0.3 is 10.1 Å². The third-order valence-electron chi connectivity index (χ3n) is 6.06. The minimum Gasteiger partial charge on any atom is -0.496 e. The first-order valence-corrected chi connectivity index (χ1v) is 11.7. The molecular formula is C22H23F3N2O4S. The molecule has 0 bridgehead atoms. The summed E-state index contributed by atoms with van der Waals surface area (Å²) >= 11 is 0. The van der Waals surface area contributed by atoms with Gasteiger partial charge in [0.15, 0.2) is 0 Å². The molecule has 1 atom stereocenters. The first kappa shape index (κ1) is 22.6. The standard InChI is InChI=1S/C22H23F3N2O4S/c1-31-19-8-9-20(17-7-6-16(12-18(17)19)26-21(28)22(23,24)25)32(29,30)27-11-10-14-4-2-3-5-15(14)13-27/h2-5,8-9,16H,6-7,10-13H2,1H3,(H,26,28). The molecule has 0 fully saturated rings. The van der Waals surface area contributed by atoms with E-state index in [9.17, 15) is 26.4 Å². The summed E-state index contributed by atoms with van der Waals surface area (Å²) in [4.78, 5) is 11.5. The van der Waals surface area contributed by atoms with E-state index in [1.54, 1.807) is 0 Å². The summed E-state index contributed by atoms with van der Waals surface area (Å²) < 4.78 is 71.8. The van der Waals surface area contributed by atoms with Gasteiger partial charge in [0, 0.05) is 24.7 Å². The SMILES string of the molecule is COc1ccc(S(=O)(=O)N2CCc3ccccc3C2)c2c1CC(NC(=O)C(F)(F)F)CC2. The third kappa shape index (κ3) is 4.21. The molecule has 1 unspecified atom stereocenters. The van der Waals surface area contributed by atoms with Crippen LogP contribution in [0.5, 0.6) is 5.75 Å². The van der Waals surface area contributed by atoms with E-state index in [1.807, 2.05) is 29.6 Å². The molecule has 0 aromatic heterocycles. The highest BCUT2D eigenvalue weighted by Crippen LogP contribution is 2.36. The Morgan fingerprint density at radius 3 is 2.50 bits per heavy atom. The Morgan fingerprint density at radius 2 is 1.81 bits per heavy atom. The van der Waals surface area contributed by atoms with Crippen LogP contribution in [0, 0.1) is 0 Å². The number of alkyl halides is 3. The van der Waals surface area contributed by atoms with Crippen molar-refractivity contribution in [1.82, 2.24) is 9.62 Å². The van der Waals surface area contributed by atoms with Gasteiger partial charge in [0.1, 0.15) is 5.75 Å². The Labute approximate surface area is 184 Å². The van der Waals surface area contributed by atoms with Crippen LogP contribution in [-0.4, -0.2) is 44.5 Å². The van der Waals surface area contributed by atoms with Crippen molar-refractivity contribution < 1.29 is 31.1 Å². The van der Waals surface area contributed by atoms with Gasteiger partial charge in [-0.2, -0.15) is 17.5 Å². The summed E-state index contributed by atoms with van der Waals surface area (Å²) in [7, 11) is -2.40. The molecule has 2 aromatic carbocycles. The van der Waals surface area contributed by atoms with Crippen molar-refractivity contribution in [2.24, 2.45) is 0 Å². The summed E-state index contributed by atoms with van der Waals surface area (Å²) in [5.41, 5.74) is 3.14. The van der Waals surface area contributed by atoms with Crippen LogP contribution >= 0.6 is 0 Å². The number of benzene rings is 2. The van der Waals surface area contributed by atoms with E-state index >= 15 is 0 Å². The van der Waals surface area contributed by atoms with Crippen LogP contribution in [0.15, 0.2) is 41.3 Å². The topological polar surface area (TPSA) is 75.7 Å². The smallest absolute Gasteiger partial charge is 0.471 e. The van der Waals surface area contributed by atoms with Crippen molar-refractivity contribution >= 4 is 15.9 Å². The molecule has 0 spiro atoms. The Kier molecular flexibility index (Phi) is 5.93. The predicted octanol–water partition coefficient (Wildman–Crippen LogP) is 2.98. The summed E-state index contributed by atoms with van der Waals surface area (Å²) in [6.45, 7) is 0.619. The second-order valence-corrected chi connectivity index (χ2v) is 9.90. The van der Waals surface area contributed by atoms with Crippen LogP contribution < -0.4 is 10.1 Å². The van der Waals surface area contributed by atoms with Gasteiger partial charge in [-0.25, -0.2) is 8.42 Å². The van der Waals surface area contributed by atoms with Crippen molar-refractivity contribution in [3.05, 3.63) is 58.7 Å². The van der Waals surface area contributed by atoms with Crippen LogP contribution in [0.1, 0.15) is 28.7 Å². The normalized spacial score (nSPS) is 19.1. The maximum absolute atomic E-state index is 13.5. The fraction of sp³-hybridized carbons (Fsp3) is 0.409. The number of nitrogens with zero attached hydrogens (tertiary/aromatic N) is 1. The van der Waals surface area contributed by atoms with E-state index in [2.05, 4.69) is 0 Å². The maximum atomic E-state index is 13.5. The molecule has 1 amide bonds. The Morgan fingerprint density at radius 1 is 1.09 bits per heavy atom. The quantitative estimate of drug-likeness (QED) is 0.749. The van der Waals surface area contributed by atoms with Gasteiger partial charge in [0.25, 0.3) is 0 Å². The average molecular weight is 468 g/mol. The molecule has 1 N–H and O–H groups in total. The molecule has 0 radical (unpaired) electrons. The summed E-state index contributed by atoms with van der Waals surface area (Å²) in [6.07, 6.45) is -3.88. The van der Waals surface area contributed by atoms with E-state index in [0.29, 0.717) is 29.8 Å². The Balaban J connectivity index is 1.64. The lowest BCUT2D eigenvalue weighted by atomic mass is 9.87. The van der Waals surface area contributed by atoms with Gasteiger partial charge in [0.2, 0.25) is 10.0 Å². The highest BCUT2D eigenvalue weighted by Gasteiger charge is 2.41. The third-order valence-corrected chi connectivity index (χ3v) is 7.99. The second-order valence-electron chi connectivity index (χ2n) is 7.99. The zero-order chi connectivity index (χ0) is 23.1. The Hall–Kier alpha value is -2.59. The molecule has 2 aromatic rings. The number of rotatable bonds is 4. The molecule has 2 aliphatic rings. The highest BCUT2D eigenvalue weighted by molar-refractivity contribution is 7.89. The number of methoxy groups -OCH3 is 1. The molecule has 4 rings (SSSR count). The van der Waals surface area contributed by atoms with E-state index in [-0.39, 0.29) is 30.7 Å². The van der Waals surface area contributed by atoms with Gasteiger partial charge in [-0.3, -0.25) is 4.79 Å². The maximum Gasteiger partial charge on any atom is 0.471 e. The summed E-state index contributed by atoms with van der Waals surface area (Å²) in [6, 6.07) is 9.97. The molecule has 1 aliphatic heterocycles. The van der Waals surface area contributed by atoms with E-state index < -0.39 is 28.1 Å². The molecule has 0 saturated carbocycles. The largest absolute Gasteiger partial charge is 0.496 e. The highest BCUT2D eigenvalue weighted by atomic mass is 32.2. The molecule has 0 saturated heterocycles. The molecular weight excluding hydrogens is 445 g/mol. The number of carbonyl (C=O) groups is 1. The van der Waals surface area contributed by atoms with E-state index in [4.69, 9.17) is 4.74 Å². The van der Waals surface area contributed by atoms with Crippen LogP contribution in [0.25, 0.3) is 0 Å². The average Bonchev–Trinajstić information content (AvgIpc) is 2.77. The number of halogens is 3. The van der Waals surface area contributed by atoms with Gasteiger partial charge in [-0.15, -0.1) is 0 Å². The minimum absolute atomic E-state index is 0.0620. The van der Waals surface area contributed by atoms with Crippen LogP contribution in [0.3, 0.4) is 0 Å². The first-order chi connectivity index (χ1) is 15.1. The van der Waals surface area contributed by atoms with E-state index in [1.165, 1.54) is 23.5 Å². The molecule has 1 heterocycles. The van der Waals surface area contributed by atoms with Crippen LogP contribution in [0.2, 0.25) is 0 Å². The number of fused-ring (bicyclic) bond motifs is 2. The molecule has 172 valence electrons. The lowest BCUT2D eigenvalue weighted by Gasteiger charge is -2.32. The minimum atomic E-state index is -4.97. The first-order valence-electron chi connectivity index (χ1n) is 10.2. The number of hydrogen-bond acceptors (Lipinski definition) is 4. The van der Waals surface area contributed by atoms with Gasteiger partial charge in [-0.1, -0.05) is 24.3 Å². The van der Waals surface area contributed by atoms with Gasteiger partial charge >= 0.3 is 12.1 Å². The predicted molar refractivity (Wildman–Crippen MR) is 111 cm³/mol. The zero-order valence-corrected chi connectivity index (χ0v) is 18.2. The molecule has 10 heteroatoms. The van der Waals surface area contributed by atoms with Crippen molar-refractivity contribution in [2.45, 2.75) is 49.3 Å². The molecule has 6 nitrogen and oxygen atoms in total. The number of amides is 1. The fourth-order valence-electron chi connectivity index (χ4n) is 4.45. The lowest BCUT2D eigenvalue weighted by molar-refractivity contribution is -0.174. The lowest BCUT2D eigenvalue weighted by Crippen LogP contribution is -2.45. The number of nitrogens with one attached hydrogen (secondary N) is 1. The fourth-order valence-corrected chi connectivity index (χ4v) is 6.15. The van der Waals surface area contributed by atoms with Crippen LogP contribution in [0.4, 0.5) is 13.2 Å². The van der Waals surface area contributed by atoms with Crippen molar-refractivity contribution in [3.63, 3.8) is 0 Å². The van der Waals surface area contributed by atoms with Gasteiger partial charge in [-0.05, 0) is 54.5 Å². The van der Waals surface area contributed by atoms with Crippen molar-refractivity contribution in [3.8, 4) is 5.75 Å². The number of hydrogen-bond donors (Lipinski definition) is 1. The zero-order valence-electron chi connectivity index (χ0n) is 17.4. The molecule has 32 heavy (non-hydrogen) atoms. The number of sulfonamides is 1. The summed E-state index contributed by atoms with van der Waals surface area (Å²) in [5.74, 6) is -1.60. The van der Waals surface area contributed by atoms with E-state index in [0.717, 1.165) is 11.1 Å². The monoisotopic (exact) mass is 468 g/mol. The van der Waals surface area contributed by atoms with Crippen molar-refractivity contribution in [2.75, 3.05) is 13.7 Å². The number of carbonyl (C=O) groups excluding carboxylic acids is 1. The van der Waals surface area contributed by atoms with Crippen LogP contribution in [-0.2, 0) is 40.6 Å². The Bertz CT molecular complexity index is 1150. The van der Waals surface area contributed by atoms with Crippen molar-refractivity contribution in [1.29, 1.82) is 0 Å².